The standard InChI is InChI=1S/C17H22FNO3S/c1-12(19-17(20)10-13-6-4-3-5-7-13)14-8-9-16(15(18)11-14)23(2,21)22/h6,8-9,11-12H,3-5,7,10H2,1-2H3,(H,19,20)/t12-/m0/s1. The van der Waals surface area contributed by atoms with Crippen molar-refractivity contribution in [1.29, 1.82) is 0 Å². The van der Waals surface area contributed by atoms with Crippen molar-refractivity contribution in [2.45, 2.75) is 50.0 Å². The fourth-order valence-corrected chi connectivity index (χ4v) is 3.46. The molecule has 0 unspecified atom stereocenters. The van der Waals surface area contributed by atoms with Crippen LogP contribution in [-0.4, -0.2) is 20.6 Å². The van der Waals surface area contributed by atoms with Crippen LogP contribution in [0.3, 0.4) is 0 Å². The van der Waals surface area contributed by atoms with Crippen LogP contribution >= 0.6 is 0 Å². The molecule has 1 aromatic rings. The molecular weight excluding hydrogens is 317 g/mol. The fourth-order valence-electron chi connectivity index (χ4n) is 2.73. The quantitative estimate of drug-likeness (QED) is 0.837. The van der Waals surface area contributed by atoms with E-state index in [1.165, 1.54) is 24.6 Å². The van der Waals surface area contributed by atoms with Gasteiger partial charge in [0.25, 0.3) is 0 Å². The zero-order chi connectivity index (χ0) is 17.0. The Morgan fingerprint density at radius 1 is 1.35 bits per heavy atom. The lowest BCUT2D eigenvalue weighted by Crippen LogP contribution is -2.27. The first-order valence-corrected chi connectivity index (χ1v) is 9.63. The highest BCUT2D eigenvalue weighted by atomic mass is 32.2. The Balaban J connectivity index is 2.03. The predicted octanol–water partition coefficient (Wildman–Crippen LogP) is 3.30. The minimum atomic E-state index is -3.59. The van der Waals surface area contributed by atoms with Crippen LogP contribution in [0.1, 0.15) is 50.6 Å². The summed E-state index contributed by atoms with van der Waals surface area (Å²) in [6, 6.07) is 3.56. The molecule has 23 heavy (non-hydrogen) atoms. The molecule has 4 nitrogen and oxygen atoms in total. The second kappa shape index (κ2) is 7.25. The molecule has 0 spiro atoms. The van der Waals surface area contributed by atoms with Crippen LogP contribution in [0.2, 0.25) is 0 Å². The zero-order valence-corrected chi connectivity index (χ0v) is 14.2. The Labute approximate surface area is 136 Å². The van der Waals surface area contributed by atoms with E-state index in [2.05, 4.69) is 11.4 Å². The van der Waals surface area contributed by atoms with E-state index in [4.69, 9.17) is 0 Å². The summed E-state index contributed by atoms with van der Waals surface area (Å²) in [4.78, 5) is 11.7. The van der Waals surface area contributed by atoms with E-state index in [-0.39, 0.29) is 16.8 Å². The Bertz CT molecular complexity index is 725. The molecule has 1 amide bonds. The first-order valence-electron chi connectivity index (χ1n) is 7.74. The summed E-state index contributed by atoms with van der Waals surface area (Å²) in [6.45, 7) is 1.75. The van der Waals surface area contributed by atoms with E-state index in [0.717, 1.165) is 31.1 Å². The van der Waals surface area contributed by atoms with Crippen LogP contribution in [0.4, 0.5) is 4.39 Å². The maximum atomic E-state index is 13.9. The number of hydrogen-bond donors (Lipinski definition) is 1. The summed E-state index contributed by atoms with van der Waals surface area (Å²) < 4.78 is 36.8. The highest BCUT2D eigenvalue weighted by Gasteiger charge is 2.17. The molecule has 1 atom stereocenters. The molecule has 0 aliphatic heterocycles. The molecule has 0 bridgehead atoms. The van der Waals surface area contributed by atoms with Crippen molar-refractivity contribution < 1.29 is 17.6 Å². The number of halogens is 1. The van der Waals surface area contributed by atoms with Crippen LogP contribution in [0, 0.1) is 5.82 Å². The minimum absolute atomic E-state index is 0.0988. The number of nitrogens with one attached hydrogen (secondary N) is 1. The van der Waals surface area contributed by atoms with Crippen LogP contribution in [0.15, 0.2) is 34.7 Å². The monoisotopic (exact) mass is 339 g/mol. The normalized spacial score (nSPS) is 16.6. The second-order valence-electron chi connectivity index (χ2n) is 6.04. The van der Waals surface area contributed by atoms with Gasteiger partial charge in [-0.1, -0.05) is 17.7 Å². The lowest BCUT2D eigenvalue weighted by Gasteiger charge is -2.17. The number of carbonyl (C=O) groups excluding carboxylic acids is 1. The number of hydrogen-bond acceptors (Lipinski definition) is 3. The molecule has 1 aliphatic rings. The highest BCUT2D eigenvalue weighted by molar-refractivity contribution is 7.90. The van der Waals surface area contributed by atoms with Crippen LogP contribution in [0.5, 0.6) is 0 Å². The molecule has 1 aliphatic carbocycles. The molecule has 0 radical (unpaired) electrons. The van der Waals surface area contributed by atoms with Gasteiger partial charge in [-0.3, -0.25) is 4.79 Å². The summed E-state index contributed by atoms with van der Waals surface area (Å²) in [5.74, 6) is -0.890. The number of rotatable bonds is 5. The summed E-state index contributed by atoms with van der Waals surface area (Å²) in [6.07, 6.45) is 7.73. The Morgan fingerprint density at radius 2 is 2.09 bits per heavy atom. The molecule has 126 valence electrons. The lowest BCUT2D eigenvalue weighted by atomic mass is 9.97. The predicted molar refractivity (Wildman–Crippen MR) is 87.2 cm³/mol. The SMILES string of the molecule is C[C@H](NC(=O)CC1=CCCCC1)c1ccc(S(C)(=O)=O)c(F)c1. The van der Waals surface area contributed by atoms with Gasteiger partial charge >= 0.3 is 0 Å². The van der Waals surface area contributed by atoms with Crippen LogP contribution in [0.25, 0.3) is 0 Å². The number of allylic oxidation sites excluding steroid dienone is 1. The Kier molecular flexibility index (Phi) is 5.57. The first-order chi connectivity index (χ1) is 10.8. The summed E-state index contributed by atoms with van der Waals surface area (Å²) in [7, 11) is -3.59. The summed E-state index contributed by atoms with van der Waals surface area (Å²) >= 11 is 0. The summed E-state index contributed by atoms with van der Waals surface area (Å²) in [5.41, 5.74) is 1.69. The molecule has 1 aromatic carbocycles. The average Bonchev–Trinajstić information content (AvgIpc) is 2.46. The number of benzene rings is 1. The maximum Gasteiger partial charge on any atom is 0.224 e. The maximum absolute atomic E-state index is 13.9. The molecule has 0 fully saturated rings. The second-order valence-corrected chi connectivity index (χ2v) is 8.02. The van der Waals surface area contributed by atoms with Gasteiger partial charge in [0.1, 0.15) is 10.7 Å². The largest absolute Gasteiger partial charge is 0.349 e. The van der Waals surface area contributed by atoms with Crippen molar-refractivity contribution in [3.05, 3.63) is 41.2 Å². The van der Waals surface area contributed by atoms with E-state index in [1.54, 1.807) is 6.92 Å². The van der Waals surface area contributed by atoms with E-state index in [9.17, 15) is 17.6 Å². The first kappa shape index (κ1) is 17.7. The van der Waals surface area contributed by atoms with Crippen LogP contribution in [-0.2, 0) is 14.6 Å². The van der Waals surface area contributed by atoms with E-state index in [1.807, 2.05) is 0 Å². The van der Waals surface area contributed by atoms with Crippen molar-refractivity contribution >= 4 is 15.7 Å². The molecule has 2 rings (SSSR count). The van der Waals surface area contributed by atoms with Crippen molar-refractivity contribution in [1.82, 2.24) is 5.32 Å². The average molecular weight is 339 g/mol. The van der Waals surface area contributed by atoms with Gasteiger partial charge in [0.2, 0.25) is 5.91 Å². The van der Waals surface area contributed by atoms with Gasteiger partial charge in [-0.25, -0.2) is 12.8 Å². The van der Waals surface area contributed by atoms with Gasteiger partial charge in [0.15, 0.2) is 9.84 Å². The van der Waals surface area contributed by atoms with Gasteiger partial charge in [0, 0.05) is 12.7 Å². The highest BCUT2D eigenvalue weighted by Crippen LogP contribution is 2.22. The minimum Gasteiger partial charge on any atom is -0.349 e. The van der Waals surface area contributed by atoms with Crippen molar-refractivity contribution in [2.75, 3.05) is 6.26 Å². The number of sulfone groups is 1. The molecule has 6 heteroatoms. The number of carbonyl (C=O) groups is 1. The third kappa shape index (κ3) is 4.89. The molecule has 0 heterocycles. The Morgan fingerprint density at radius 3 is 2.65 bits per heavy atom. The van der Waals surface area contributed by atoms with E-state index in [0.29, 0.717) is 12.0 Å². The van der Waals surface area contributed by atoms with E-state index >= 15 is 0 Å². The lowest BCUT2D eigenvalue weighted by molar-refractivity contribution is -0.121. The van der Waals surface area contributed by atoms with Gasteiger partial charge in [0.05, 0.1) is 6.04 Å². The van der Waals surface area contributed by atoms with Crippen LogP contribution < -0.4 is 5.32 Å². The van der Waals surface area contributed by atoms with Gasteiger partial charge in [-0.05, 0) is 50.3 Å². The molecule has 0 aromatic heterocycles. The van der Waals surface area contributed by atoms with Gasteiger partial charge < -0.3 is 5.32 Å². The van der Waals surface area contributed by atoms with Crippen molar-refractivity contribution in [3.8, 4) is 0 Å². The van der Waals surface area contributed by atoms with Gasteiger partial charge in [-0.15, -0.1) is 0 Å². The topological polar surface area (TPSA) is 63.2 Å². The third-order valence-corrected chi connectivity index (χ3v) is 5.14. The van der Waals surface area contributed by atoms with Crippen molar-refractivity contribution in [2.24, 2.45) is 0 Å². The molecule has 0 saturated heterocycles. The van der Waals surface area contributed by atoms with Gasteiger partial charge in [-0.2, -0.15) is 0 Å². The molecule has 0 saturated carbocycles. The zero-order valence-electron chi connectivity index (χ0n) is 13.4. The smallest absolute Gasteiger partial charge is 0.224 e. The summed E-state index contributed by atoms with van der Waals surface area (Å²) in [5, 5.41) is 2.83. The van der Waals surface area contributed by atoms with E-state index < -0.39 is 15.7 Å². The third-order valence-electron chi connectivity index (χ3n) is 4.01. The Hall–Kier alpha value is -1.69. The van der Waals surface area contributed by atoms with Crippen molar-refractivity contribution in [3.63, 3.8) is 0 Å². The molecular formula is C17H22FNO3S. The number of amides is 1. The molecule has 1 N–H and O–H groups in total. The fraction of sp³-hybridized carbons (Fsp3) is 0.471.